The van der Waals surface area contributed by atoms with Crippen molar-refractivity contribution in [2.75, 3.05) is 39.3 Å². The van der Waals surface area contributed by atoms with Crippen molar-refractivity contribution in [3.63, 3.8) is 0 Å². The van der Waals surface area contributed by atoms with Crippen LogP contribution in [0.25, 0.3) is 0 Å². The maximum atomic E-state index is 10.9. The summed E-state index contributed by atoms with van der Waals surface area (Å²) in [6.07, 6.45) is 1.14. The molecule has 0 aromatic heterocycles. The zero-order chi connectivity index (χ0) is 13.6. The Morgan fingerprint density at radius 2 is 1.56 bits per heavy atom. The van der Waals surface area contributed by atoms with Crippen molar-refractivity contribution in [1.82, 2.24) is 16.0 Å². The largest absolute Gasteiger partial charge is 0.415 e. The lowest BCUT2D eigenvalue weighted by atomic mass is 10.3. The lowest BCUT2D eigenvalue weighted by Crippen LogP contribution is -2.29. The van der Waals surface area contributed by atoms with Crippen LogP contribution in [0.4, 0.5) is 9.59 Å². The maximum absolute atomic E-state index is 10.9. The molecule has 0 bridgehead atoms. The van der Waals surface area contributed by atoms with E-state index in [9.17, 15) is 9.59 Å². The Morgan fingerprint density at radius 3 is 2.11 bits per heavy atom. The van der Waals surface area contributed by atoms with Gasteiger partial charge in [0.1, 0.15) is 0 Å². The van der Waals surface area contributed by atoms with Crippen LogP contribution in [0, 0.1) is 0 Å². The van der Waals surface area contributed by atoms with Crippen molar-refractivity contribution in [2.45, 2.75) is 12.8 Å². The van der Waals surface area contributed by atoms with E-state index in [-0.39, 0.29) is 0 Å². The first-order valence-electron chi connectivity index (χ1n) is 5.93. The van der Waals surface area contributed by atoms with E-state index in [0.717, 1.165) is 39.0 Å². The highest BCUT2D eigenvalue weighted by atomic mass is 127. The summed E-state index contributed by atoms with van der Waals surface area (Å²) < 4.78 is 3.66. The number of halogens is 1. The van der Waals surface area contributed by atoms with Gasteiger partial charge in [-0.1, -0.05) is 0 Å². The molecule has 8 heteroatoms. The molecule has 0 rings (SSSR count). The number of hydrogen-bond donors (Lipinski definition) is 4. The van der Waals surface area contributed by atoms with Gasteiger partial charge in [0.2, 0.25) is 0 Å². The molecule has 0 aliphatic carbocycles. The molecular formula is C10H21IN4O3. The average molecular weight is 372 g/mol. The molecule has 106 valence electrons. The first kappa shape index (κ1) is 17.6. The fraction of sp³-hybridized carbons (Fsp3) is 0.800. The van der Waals surface area contributed by atoms with Crippen molar-refractivity contribution in [3.05, 3.63) is 0 Å². The number of hydrogen-bond acceptors (Lipinski definition) is 6. The molecule has 0 radical (unpaired) electrons. The Balaban J connectivity index is 3.11. The third kappa shape index (κ3) is 13.6. The fourth-order valence-electron chi connectivity index (χ4n) is 1.20. The van der Waals surface area contributed by atoms with E-state index in [2.05, 4.69) is 20.7 Å². The molecule has 0 aromatic carbocycles. The van der Waals surface area contributed by atoms with Crippen molar-refractivity contribution in [3.8, 4) is 0 Å². The Morgan fingerprint density at radius 1 is 1.00 bits per heavy atom. The van der Waals surface area contributed by atoms with E-state index in [1.807, 2.05) is 0 Å². The molecule has 0 aromatic rings. The van der Waals surface area contributed by atoms with E-state index >= 15 is 0 Å². The van der Waals surface area contributed by atoms with Crippen LogP contribution in [-0.2, 0) is 4.74 Å². The topological polar surface area (TPSA) is 105 Å². The highest BCUT2D eigenvalue weighted by Gasteiger charge is 2.04. The lowest BCUT2D eigenvalue weighted by Gasteiger charge is -2.06. The van der Waals surface area contributed by atoms with E-state index in [1.54, 1.807) is 0 Å². The summed E-state index contributed by atoms with van der Waals surface area (Å²) in [4.78, 5) is 21.3. The normalized spacial score (nSPS) is 10.1. The van der Waals surface area contributed by atoms with Crippen LogP contribution in [0.2, 0.25) is 0 Å². The molecule has 0 unspecified atom stereocenters. The number of rotatable bonds is 10. The quantitative estimate of drug-likeness (QED) is 0.189. The van der Waals surface area contributed by atoms with E-state index in [0.29, 0.717) is 13.1 Å². The van der Waals surface area contributed by atoms with Crippen LogP contribution in [-0.4, -0.2) is 49.3 Å². The lowest BCUT2D eigenvalue weighted by molar-refractivity contribution is 0.169. The zero-order valence-electron chi connectivity index (χ0n) is 10.3. The minimum atomic E-state index is -0.694. The van der Waals surface area contributed by atoms with Gasteiger partial charge in [0, 0.05) is 19.6 Å². The summed E-state index contributed by atoms with van der Waals surface area (Å²) in [7, 11) is 0. The molecule has 0 fully saturated rings. The van der Waals surface area contributed by atoms with Gasteiger partial charge in [-0.2, -0.15) is 0 Å². The van der Waals surface area contributed by atoms with E-state index in [1.165, 1.54) is 22.6 Å². The summed E-state index contributed by atoms with van der Waals surface area (Å²) in [5, 5.41) is 8.92. The smallest absolute Gasteiger partial charge is 0.368 e. The third-order valence-electron chi connectivity index (χ3n) is 2.00. The van der Waals surface area contributed by atoms with Gasteiger partial charge in [-0.25, -0.2) is 9.59 Å². The molecule has 0 aliphatic rings. The van der Waals surface area contributed by atoms with Crippen LogP contribution in [0.1, 0.15) is 12.8 Å². The molecule has 1 amide bonds. The van der Waals surface area contributed by atoms with Crippen molar-refractivity contribution in [1.29, 1.82) is 0 Å². The highest BCUT2D eigenvalue weighted by molar-refractivity contribution is 14.1. The molecule has 18 heavy (non-hydrogen) atoms. The fourth-order valence-corrected chi connectivity index (χ4v) is 1.40. The monoisotopic (exact) mass is 372 g/mol. The zero-order valence-corrected chi connectivity index (χ0v) is 12.5. The number of alkyl carbamates (subject to hydrolysis) is 1. The van der Waals surface area contributed by atoms with Gasteiger partial charge in [-0.05, 0) is 32.5 Å². The number of amides is 1. The number of carbonyl (C=O) groups excluding carboxylic acids is 2. The number of nitrogens with two attached hydrogens (primary N) is 1. The van der Waals surface area contributed by atoms with Crippen LogP contribution in [0.5, 0.6) is 0 Å². The molecule has 0 spiro atoms. The average Bonchev–Trinajstić information content (AvgIpc) is 2.30. The maximum Gasteiger partial charge on any atom is 0.415 e. The standard InChI is InChI=1S/C10H21IN4O3/c11-9(16)18-10(17)15-7-2-6-13-4-1-5-14-8-3-12/h13-14H,1-8,12H2,(H,15,17). The van der Waals surface area contributed by atoms with Gasteiger partial charge >= 0.3 is 10.1 Å². The van der Waals surface area contributed by atoms with Gasteiger partial charge < -0.3 is 26.4 Å². The van der Waals surface area contributed by atoms with E-state index < -0.39 is 10.1 Å². The van der Waals surface area contributed by atoms with Gasteiger partial charge in [0.15, 0.2) is 0 Å². The first-order chi connectivity index (χ1) is 8.66. The van der Waals surface area contributed by atoms with E-state index in [4.69, 9.17) is 5.73 Å². The summed E-state index contributed by atoms with van der Waals surface area (Å²) in [5.41, 5.74) is 5.33. The van der Waals surface area contributed by atoms with Crippen molar-refractivity contribution >= 4 is 32.7 Å². The highest BCUT2D eigenvalue weighted by Crippen LogP contribution is 1.91. The molecule has 0 aliphatic heterocycles. The Hall–Kier alpha value is -0.450. The second kappa shape index (κ2) is 13.0. The first-order valence-corrected chi connectivity index (χ1v) is 7.01. The van der Waals surface area contributed by atoms with Crippen LogP contribution >= 0.6 is 22.6 Å². The predicted molar refractivity (Wildman–Crippen MR) is 77.9 cm³/mol. The minimum absolute atomic E-state index is 0.487. The minimum Gasteiger partial charge on any atom is -0.368 e. The SMILES string of the molecule is NCCNCCCNCCCNC(=O)OC(=O)I. The Bertz CT molecular complexity index is 241. The molecule has 0 heterocycles. The van der Waals surface area contributed by atoms with Gasteiger partial charge in [0.05, 0.1) is 22.6 Å². The predicted octanol–water partition coefficient (Wildman–Crippen LogP) is 0.186. The van der Waals surface area contributed by atoms with Crippen molar-refractivity contribution < 1.29 is 14.3 Å². The summed E-state index contributed by atoms with van der Waals surface area (Å²) in [6, 6.07) is 0. The van der Waals surface area contributed by atoms with Gasteiger partial charge in [-0.3, -0.25) is 0 Å². The Kier molecular flexibility index (Phi) is 12.7. The van der Waals surface area contributed by atoms with Gasteiger partial charge in [0.25, 0.3) is 0 Å². The van der Waals surface area contributed by atoms with Gasteiger partial charge in [-0.15, -0.1) is 0 Å². The molecule has 5 N–H and O–H groups in total. The second-order valence-electron chi connectivity index (χ2n) is 3.55. The van der Waals surface area contributed by atoms with Crippen LogP contribution < -0.4 is 21.7 Å². The summed E-state index contributed by atoms with van der Waals surface area (Å²) in [6.45, 7) is 4.69. The number of ether oxygens (including phenoxy) is 1. The molecular weight excluding hydrogens is 351 g/mol. The van der Waals surface area contributed by atoms with Crippen molar-refractivity contribution in [2.24, 2.45) is 5.73 Å². The molecule has 7 nitrogen and oxygen atoms in total. The number of nitrogens with one attached hydrogen (secondary N) is 3. The van der Waals surface area contributed by atoms with Crippen LogP contribution in [0.3, 0.4) is 0 Å². The van der Waals surface area contributed by atoms with Crippen LogP contribution in [0.15, 0.2) is 0 Å². The Labute approximate surface area is 121 Å². The number of carbonyl (C=O) groups is 2. The summed E-state index contributed by atoms with van der Waals surface area (Å²) in [5.74, 6) is 0. The molecule has 0 saturated heterocycles. The second-order valence-corrected chi connectivity index (χ2v) is 4.43. The summed E-state index contributed by atoms with van der Waals surface area (Å²) >= 11 is 1.40. The third-order valence-corrected chi connectivity index (χ3v) is 2.22. The molecule has 0 atom stereocenters. The molecule has 0 saturated carbocycles.